The molecule has 3 aromatic rings. The zero-order chi connectivity index (χ0) is 27.3. The Morgan fingerprint density at radius 2 is 1.71 bits per heavy atom. The maximum Gasteiger partial charge on any atom is 0.322 e. The van der Waals surface area contributed by atoms with Crippen LogP contribution in [0.3, 0.4) is 0 Å². The number of piperazine rings is 1. The Balaban J connectivity index is 1.48. The Hall–Kier alpha value is -3.40. The van der Waals surface area contributed by atoms with Crippen LogP contribution in [-0.4, -0.2) is 61.9 Å². The van der Waals surface area contributed by atoms with Crippen LogP contribution in [0.5, 0.6) is 0 Å². The molecule has 2 N–H and O–H groups in total. The van der Waals surface area contributed by atoms with Gasteiger partial charge in [-0.25, -0.2) is 13.2 Å². The lowest BCUT2D eigenvalue weighted by Gasteiger charge is -2.41. The highest BCUT2D eigenvalue weighted by Gasteiger charge is 2.35. The summed E-state index contributed by atoms with van der Waals surface area (Å²) in [6.07, 6.45) is 0.203. The molecule has 4 rings (SSSR count). The Kier molecular flexibility index (Phi) is 8.71. The molecule has 200 valence electrons. The summed E-state index contributed by atoms with van der Waals surface area (Å²) in [5, 5.41) is 3.36. The number of hydrogen-bond acceptors (Lipinski definition) is 4. The van der Waals surface area contributed by atoms with Crippen molar-refractivity contribution in [2.45, 2.75) is 37.2 Å². The molecule has 1 heterocycles. The smallest absolute Gasteiger partial charge is 0.322 e. The van der Waals surface area contributed by atoms with Crippen molar-refractivity contribution in [2.24, 2.45) is 0 Å². The van der Waals surface area contributed by atoms with Gasteiger partial charge in [-0.2, -0.15) is 4.72 Å². The number of amides is 3. The summed E-state index contributed by atoms with van der Waals surface area (Å²) < 4.78 is 29.0. The number of benzene rings is 3. The fourth-order valence-corrected chi connectivity index (χ4v) is 5.82. The molecular weight excluding hydrogens is 524 g/mol. The van der Waals surface area contributed by atoms with E-state index in [0.29, 0.717) is 17.3 Å². The number of halogens is 1. The first-order valence-electron chi connectivity index (χ1n) is 12.4. The van der Waals surface area contributed by atoms with E-state index in [9.17, 15) is 18.0 Å². The molecule has 8 nitrogen and oxygen atoms in total. The van der Waals surface area contributed by atoms with Crippen molar-refractivity contribution in [3.8, 4) is 0 Å². The van der Waals surface area contributed by atoms with Gasteiger partial charge in [0.05, 0.1) is 4.90 Å². The predicted molar refractivity (Wildman–Crippen MR) is 149 cm³/mol. The van der Waals surface area contributed by atoms with Crippen LogP contribution in [0.2, 0.25) is 5.02 Å². The first kappa shape index (κ1) is 27.6. The van der Waals surface area contributed by atoms with E-state index in [1.807, 2.05) is 44.2 Å². The average molecular weight is 555 g/mol. The number of nitrogens with one attached hydrogen (secondary N) is 2. The fraction of sp³-hybridized carbons (Fsp3) is 0.286. The van der Waals surface area contributed by atoms with Crippen LogP contribution >= 0.6 is 11.6 Å². The molecule has 3 amide bonds. The van der Waals surface area contributed by atoms with Gasteiger partial charge >= 0.3 is 6.03 Å². The largest absolute Gasteiger partial charge is 0.337 e. The summed E-state index contributed by atoms with van der Waals surface area (Å²) in [6, 6.07) is 21.1. The summed E-state index contributed by atoms with van der Waals surface area (Å²) in [5.74, 6) is -0.328. The van der Waals surface area contributed by atoms with Gasteiger partial charge in [-0.1, -0.05) is 65.7 Å². The quantitative estimate of drug-likeness (QED) is 0.455. The number of aryl methyl sites for hydroxylation is 1. The first-order chi connectivity index (χ1) is 18.1. The SMILES string of the molecule is Cc1ccc(S(=O)(=O)NC(Cc2ccccc2)C(=O)N2CCN(C(=O)Nc3cccc(Cl)c3)C(C)C2)cc1. The van der Waals surface area contributed by atoms with Gasteiger partial charge in [0.15, 0.2) is 0 Å². The lowest BCUT2D eigenvalue weighted by molar-refractivity contribution is -0.135. The highest BCUT2D eigenvalue weighted by atomic mass is 35.5. The molecular formula is C28H31ClN4O4S. The summed E-state index contributed by atoms with van der Waals surface area (Å²) in [7, 11) is -3.94. The minimum absolute atomic E-state index is 0.102. The van der Waals surface area contributed by atoms with Crippen LogP contribution in [0.4, 0.5) is 10.5 Å². The first-order valence-corrected chi connectivity index (χ1v) is 14.2. The Labute approximate surface area is 228 Å². The topological polar surface area (TPSA) is 98.8 Å². The van der Waals surface area contributed by atoms with Crippen molar-refractivity contribution < 1.29 is 18.0 Å². The number of anilines is 1. The summed E-state index contributed by atoms with van der Waals surface area (Å²) in [6.45, 7) is 4.60. The molecule has 38 heavy (non-hydrogen) atoms. The maximum absolute atomic E-state index is 13.7. The standard InChI is InChI=1S/C28H31ClN4O4S/c1-20-11-13-25(14-12-20)38(36,37)31-26(17-22-7-4-3-5-8-22)27(34)32-15-16-33(21(2)19-32)28(35)30-24-10-6-9-23(29)18-24/h3-14,18,21,26,31H,15-17,19H2,1-2H3,(H,30,35). The van der Waals surface area contributed by atoms with Gasteiger partial charge < -0.3 is 15.1 Å². The van der Waals surface area contributed by atoms with Gasteiger partial charge in [-0.3, -0.25) is 4.79 Å². The highest BCUT2D eigenvalue weighted by Crippen LogP contribution is 2.19. The molecule has 0 bridgehead atoms. The van der Waals surface area contributed by atoms with Crippen molar-refractivity contribution in [3.05, 3.63) is 95.0 Å². The Morgan fingerprint density at radius 3 is 2.37 bits per heavy atom. The number of nitrogens with zero attached hydrogens (tertiary/aromatic N) is 2. The lowest BCUT2D eigenvalue weighted by Crippen LogP contribution is -2.59. The van der Waals surface area contributed by atoms with Crippen LogP contribution in [-0.2, 0) is 21.2 Å². The monoisotopic (exact) mass is 554 g/mol. The van der Waals surface area contributed by atoms with Crippen LogP contribution in [0.15, 0.2) is 83.8 Å². The van der Waals surface area contributed by atoms with Gasteiger partial charge in [0.1, 0.15) is 6.04 Å². The zero-order valence-corrected chi connectivity index (χ0v) is 22.9. The van der Waals surface area contributed by atoms with E-state index < -0.39 is 16.1 Å². The summed E-state index contributed by atoms with van der Waals surface area (Å²) >= 11 is 6.02. The minimum atomic E-state index is -3.94. The number of carbonyl (C=O) groups is 2. The molecule has 0 aromatic heterocycles. The van der Waals surface area contributed by atoms with Crippen LogP contribution in [0, 0.1) is 6.92 Å². The molecule has 2 unspecified atom stereocenters. The van der Waals surface area contributed by atoms with Crippen molar-refractivity contribution in [1.82, 2.24) is 14.5 Å². The fourth-order valence-electron chi connectivity index (χ4n) is 4.44. The zero-order valence-electron chi connectivity index (χ0n) is 21.3. The third-order valence-electron chi connectivity index (χ3n) is 6.49. The van der Waals surface area contributed by atoms with E-state index in [4.69, 9.17) is 11.6 Å². The molecule has 1 saturated heterocycles. The number of urea groups is 1. The molecule has 1 aliphatic heterocycles. The van der Waals surface area contributed by atoms with Crippen LogP contribution < -0.4 is 10.0 Å². The van der Waals surface area contributed by atoms with Gasteiger partial charge in [0.2, 0.25) is 15.9 Å². The third kappa shape index (κ3) is 6.92. The van der Waals surface area contributed by atoms with E-state index in [-0.39, 0.29) is 42.4 Å². The molecule has 0 radical (unpaired) electrons. The molecule has 1 fully saturated rings. The van der Waals surface area contributed by atoms with Crippen LogP contribution in [0.1, 0.15) is 18.1 Å². The summed E-state index contributed by atoms with van der Waals surface area (Å²) in [4.78, 5) is 30.0. The molecule has 1 aliphatic rings. The van der Waals surface area contributed by atoms with E-state index in [2.05, 4.69) is 10.0 Å². The number of carbonyl (C=O) groups excluding carboxylic acids is 2. The molecule has 2 atom stereocenters. The molecule has 0 saturated carbocycles. The number of rotatable bonds is 7. The van der Waals surface area contributed by atoms with Gasteiger partial charge in [-0.15, -0.1) is 0 Å². The van der Waals surface area contributed by atoms with Crippen molar-refractivity contribution in [3.63, 3.8) is 0 Å². The van der Waals surface area contributed by atoms with E-state index in [0.717, 1.165) is 11.1 Å². The van der Waals surface area contributed by atoms with Gasteiger partial charge in [-0.05, 0) is 56.2 Å². The number of sulfonamides is 1. The van der Waals surface area contributed by atoms with Crippen molar-refractivity contribution in [1.29, 1.82) is 0 Å². The molecule has 0 aliphatic carbocycles. The highest BCUT2D eigenvalue weighted by molar-refractivity contribution is 7.89. The molecule has 3 aromatic carbocycles. The molecule has 10 heteroatoms. The molecule has 0 spiro atoms. The van der Waals surface area contributed by atoms with Crippen molar-refractivity contribution in [2.75, 3.05) is 25.0 Å². The third-order valence-corrected chi connectivity index (χ3v) is 8.21. The second-order valence-electron chi connectivity index (χ2n) is 9.44. The van der Waals surface area contributed by atoms with Crippen molar-refractivity contribution >= 4 is 39.2 Å². The predicted octanol–water partition coefficient (Wildman–Crippen LogP) is 4.30. The van der Waals surface area contributed by atoms with E-state index in [1.54, 1.807) is 46.2 Å². The summed E-state index contributed by atoms with van der Waals surface area (Å²) in [5.41, 5.74) is 2.36. The Morgan fingerprint density at radius 1 is 1.00 bits per heavy atom. The Bertz CT molecular complexity index is 1380. The normalized spacial score (nSPS) is 16.7. The second-order valence-corrected chi connectivity index (χ2v) is 11.6. The second kappa shape index (κ2) is 12.0. The van der Waals surface area contributed by atoms with Gasteiger partial charge in [0, 0.05) is 36.4 Å². The number of hydrogen-bond donors (Lipinski definition) is 2. The van der Waals surface area contributed by atoms with E-state index >= 15 is 0 Å². The van der Waals surface area contributed by atoms with Gasteiger partial charge in [0.25, 0.3) is 0 Å². The average Bonchev–Trinajstić information content (AvgIpc) is 2.88. The lowest BCUT2D eigenvalue weighted by atomic mass is 10.0. The minimum Gasteiger partial charge on any atom is -0.337 e. The maximum atomic E-state index is 13.7. The van der Waals surface area contributed by atoms with Crippen LogP contribution in [0.25, 0.3) is 0 Å². The van der Waals surface area contributed by atoms with E-state index in [1.165, 1.54) is 12.1 Å².